The lowest BCUT2D eigenvalue weighted by molar-refractivity contribution is -0.118. The Labute approximate surface area is 183 Å². The van der Waals surface area contributed by atoms with Gasteiger partial charge in [0.05, 0.1) is 30.1 Å². The number of nitrogens with zero attached hydrogens (tertiary/aromatic N) is 2. The van der Waals surface area contributed by atoms with Crippen LogP contribution in [0.3, 0.4) is 0 Å². The lowest BCUT2D eigenvalue weighted by atomic mass is 9.86. The fourth-order valence-corrected chi connectivity index (χ4v) is 5.26. The van der Waals surface area contributed by atoms with E-state index in [0.717, 1.165) is 18.4 Å². The number of carbonyl (C=O) groups is 1. The minimum Gasteiger partial charge on any atom is -0.394 e. The smallest absolute Gasteiger partial charge is 0.233 e. The summed E-state index contributed by atoms with van der Waals surface area (Å²) in [6, 6.07) is 6.76. The summed E-state index contributed by atoms with van der Waals surface area (Å²) in [5.74, 6) is 0.230. The van der Waals surface area contributed by atoms with E-state index >= 15 is 0 Å². The van der Waals surface area contributed by atoms with Gasteiger partial charge in [-0.1, -0.05) is 37.8 Å². The Kier molecular flexibility index (Phi) is 7.51. The van der Waals surface area contributed by atoms with Gasteiger partial charge in [0.15, 0.2) is 15.7 Å². The average molecular weight is 450 g/mol. The van der Waals surface area contributed by atoms with Gasteiger partial charge in [-0.25, -0.2) is 8.42 Å². The van der Waals surface area contributed by atoms with Crippen molar-refractivity contribution in [3.8, 4) is 0 Å². The van der Waals surface area contributed by atoms with E-state index in [9.17, 15) is 18.3 Å². The van der Waals surface area contributed by atoms with Crippen LogP contribution in [0, 0.1) is 12.8 Å². The summed E-state index contributed by atoms with van der Waals surface area (Å²) in [5.41, 5.74) is 1.43. The zero-order valence-corrected chi connectivity index (χ0v) is 18.8. The Morgan fingerprint density at radius 1 is 1.29 bits per heavy atom. The van der Waals surface area contributed by atoms with Crippen LogP contribution < -0.4 is 5.32 Å². The molecule has 2 atom stereocenters. The van der Waals surface area contributed by atoms with Gasteiger partial charge in [-0.3, -0.25) is 9.48 Å². The van der Waals surface area contributed by atoms with Crippen LogP contribution in [0.15, 0.2) is 35.4 Å². The number of sulfone groups is 1. The van der Waals surface area contributed by atoms with Gasteiger partial charge in [-0.05, 0) is 36.5 Å². The molecule has 0 aliphatic heterocycles. The van der Waals surface area contributed by atoms with Gasteiger partial charge in [-0.2, -0.15) is 5.10 Å². The highest BCUT2D eigenvalue weighted by molar-refractivity contribution is 7.90. The quantitative estimate of drug-likeness (QED) is 0.540. The van der Waals surface area contributed by atoms with E-state index in [2.05, 4.69) is 10.4 Å². The molecular weight excluding hydrogens is 418 g/mol. The van der Waals surface area contributed by atoms with Gasteiger partial charge in [0.2, 0.25) is 5.91 Å². The first kappa shape index (κ1) is 23.4. The normalized spacial score (nSPS) is 16.9. The van der Waals surface area contributed by atoms with E-state index in [-0.39, 0.29) is 24.0 Å². The lowest BCUT2D eigenvalue weighted by Gasteiger charge is -2.21. The van der Waals surface area contributed by atoms with Crippen LogP contribution in [0.2, 0.25) is 0 Å². The molecule has 1 saturated carbocycles. The van der Waals surface area contributed by atoms with E-state index in [1.807, 2.05) is 0 Å². The predicted octanol–water partition coefficient (Wildman–Crippen LogP) is 2.25. The molecule has 1 aliphatic carbocycles. The lowest BCUT2D eigenvalue weighted by Crippen LogP contribution is -2.24. The van der Waals surface area contributed by atoms with E-state index in [1.165, 1.54) is 23.8 Å². The highest BCUT2D eigenvalue weighted by atomic mass is 32.2. The maximum Gasteiger partial charge on any atom is 0.233 e. The largest absolute Gasteiger partial charge is 0.394 e. The Morgan fingerprint density at radius 2 is 2.00 bits per heavy atom. The Hall–Kier alpha value is -2.23. The number of anilines is 1. The van der Waals surface area contributed by atoms with Crippen LogP contribution in [-0.4, -0.2) is 53.3 Å². The Bertz CT molecular complexity index is 1010. The van der Waals surface area contributed by atoms with Crippen molar-refractivity contribution in [3.63, 3.8) is 0 Å². The van der Waals surface area contributed by atoms with Crippen LogP contribution in [0.4, 0.5) is 5.82 Å². The molecule has 0 radical (unpaired) electrons. The van der Waals surface area contributed by atoms with Crippen LogP contribution in [0.5, 0.6) is 0 Å². The van der Waals surface area contributed by atoms with E-state index < -0.39 is 21.9 Å². The topological polar surface area (TPSA) is 122 Å². The number of aliphatic hydroxyl groups is 2. The predicted molar refractivity (Wildman–Crippen MR) is 118 cm³/mol. The molecule has 1 heterocycles. The number of aliphatic hydroxyl groups excluding tert-OH is 2. The van der Waals surface area contributed by atoms with Gasteiger partial charge < -0.3 is 15.5 Å². The SMILES string of the molecule is Cc1cc(C(CC2CCCC2)C(=O)Nc2ccn(CC(O)CO)n2)ccc1S(C)(=O)=O. The molecule has 170 valence electrons. The molecule has 0 spiro atoms. The van der Waals surface area contributed by atoms with Gasteiger partial charge >= 0.3 is 0 Å². The number of aryl methyl sites for hydroxylation is 1. The second-order valence-corrected chi connectivity index (χ2v) is 10.5. The summed E-state index contributed by atoms with van der Waals surface area (Å²) >= 11 is 0. The number of hydrogen-bond acceptors (Lipinski definition) is 6. The monoisotopic (exact) mass is 449 g/mol. The molecule has 1 fully saturated rings. The molecule has 2 aromatic rings. The average Bonchev–Trinajstić information content (AvgIpc) is 3.36. The van der Waals surface area contributed by atoms with Crippen molar-refractivity contribution < 1.29 is 23.4 Å². The Balaban J connectivity index is 1.81. The fraction of sp³-hybridized carbons (Fsp3) is 0.545. The minimum atomic E-state index is -3.33. The van der Waals surface area contributed by atoms with Crippen LogP contribution in [-0.2, 0) is 21.2 Å². The summed E-state index contributed by atoms with van der Waals surface area (Å²) in [7, 11) is -3.33. The summed E-state index contributed by atoms with van der Waals surface area (Å²) in [4.78, 5) is 13.5. The summed E-state index contributed by atoms with van der Waals surface area (Å²) in [6.07, 6.45) is 7.12. The van der Waals surface area contributed by atoms with Crippen molar-refractivity contribution >= 4 is 21.6 Å². The van der Waals surface area contributed by atoms with Crippen molar-refractivity contribution in [2.75, 3.05) is 18.2 Å². The maximum atomic E-state index is 13.2. The number of benzene rings is 1. The molecule has 1 aromatic carbocycles. The number of hydrogen-bond donors (Lipinski definition) is 3. The van der Waals surface area contributed by atoms with Crippen LogP contribution in [0.1, 0.15) is 49.1 Å². The molecule has 31 heavy (non-hydrogen) atoms. The van der Waals surface area contributed by atoms with Gasteiger partial charge in [-0.15, -0.1) is 0 Å². The van der Waals surface area contributed by atoms with E-state index in [4.69, 9.17) is 5.11 Å². The second kappa shape index (κ2) is 9.93. The number of carbonyl (C=O) groups excluding carboxylic acids is 1. The molecular formula is C22H31N3O5S. The third-order valence-corrected chi connectivity index (χ3v) is 7.12. The molecule has 3 rings (SSSR count). The molecule has 0 saturated heterocycles. The number of nitrogens with one attached hydrogen (secondary N) is 1. The molecule has 9 heteroatoms. The highest BCUT2D eigenvalue weighted by Gasteiger charge is 2.28. The molecule has 1 aromatic heterocycles. The van der Waals surface area contributed by atoms with Crippen molar-refractivity contribution in [1.29, 1.82) is 0 Å². The standard InChI is InChI=1S/C22H31N3O5S/c1-15-11-17(7-8-20(15)31(2,29)30)19(12-16-5-3-4-6-16)22(28)23-21-9-10-25(24-21)13-18(27)14-26/h7-11,16,18-19,26-27H,3-6,12-14H2,1-2H3,(H,23,24,28). The first-order valence-electron chi connectivity index (χ1n) is 10.6. The maximum absolute atomic E-state index is 13.2. The molecule has 3 N–H and O–H groups in total. The third-order valence-electron chi connectivity index (χ3n) is 5.86. The number of rotatable bonds is 9. The zero-order valence-electron chi connectivity index (χ0n) is 18.0. The fourth-order valence-electron chi connectivity index (χ4n) is 4.30. The number of amides is 1. The first-order valence-corrected chi connectivity index (χ1v) is 12.5. The molecule has 1 amide bonds. The zero-order chi connectivity index (χ0) is 22.6. The van der Waals surface area contributed by atoms with E-state index in [0.29, 0.717) is 23.7 Å². The van der Waals surface area contributed by atoms with E-state index in [1.54, 1.807) is 37.4 Å². The number of aromatic nitrogens is 2. The minimum absolute atomic E-state index is 0.129. The summed E-state index contributed by atoms with van der Waals surface area (Å²) in [5, 5.41) is 25.6. The van der Waals surface area contributed by atoms with Gasteiger partial charge in [0.1, 0.15) is 0 Å². The molecule has 8 nitrogen and oxygen atoms in total. The second-order valence-electron chi connectivity index (χ2n) is 8.48. The van der Waals surface area contributed by atoms with Crippen molar-refractivity contribution in [1.82, 2.24) is 9.78 Å². The summed E-state index contributed by atoms with van der Waals surface area (Å²) in [6.45, 7) is 1.51. The van der Waals surface area contributed by atoms with Crippen molar-refractivity contribution in [2.45, 2.75) is 62.5 Å². The van der Waals surface area contributed by atoms with Gasteiger partial charge in [0.25, 0.3) is 0 Å². The Morgan fingerprint density at radius 3 is 2.61 bits per heavy atom. The highest BCUT2D eigenvalue weighted by Crippen LogP contribution is 2.35. The molecule has 2 unspecified atom stereocenters. The van der Waals surface area contributed by atoms with Gasteiger partial charge in [0, 0.05) is 18.5 Å². The molecule has 1 aliphatic rings. The molecule has 0 bridgehead atoms. The summed E-state index contributed by atoms with van der Waals surface area (Å²) < 4.78 is 25.4. The third kappa shape index (κ3) is 6.15. The van der Waals surface area contributed by atoms with Crippen molar-refractivity contribution in [2.24, 2.45) is 5.92 Å². The van der Waals surface area contributed by atoms with Crippen LogP contribution in [0.25, 0.3) is 0 Å². The first-order chi connectivity index (χ1) is 14.7. The van der Waals surface area contributed by atoms with Crippen LogP contribution >= 0.6 is 0 Å². The van der Waals surface area contributed by atoms with Crippen molar-refractivity contribution in [3.05, 3.63) is 41.6 Å².